The van der Waals surface area contributed by atoms with Gasteiger partial charge in [0.05, 0.1) is 5.60 Å². The van der Waals surface area contributed by atoms with Crippen LogP contribution in [-0.2, 0) is 0 Å². The van der Waals surface area contributed by atoms with Gasteiger partial charge in [-0.05, 0) is 25.7 Å². The van der Waals surface area contributed by atoms with Crippen molar-refractivity contribution >= 4 is 0 Å². The molecular formula is C11H24O. The number of rotatable bonds is 6. The van der Waals surface area contributed by atoms with Crippen LogP contribution in [0.2, 0.25) is 0 Å². The van der Waals surface area contributed by atoms with Gasteiger partial charge in [0.15, 0.2) is 0 Å². The number of unbranched alkanes of at least 4 members (excludes halogenated alkanes) is 2. The second kappa shape index (κ2) is 5.58. The lowest BCUT2D eigenvalue weighted by atomic mass is 9.89. The number of aliphatic hydroxyl groups is 1. The molecule has 0 heterocycles. The standard InChI is InChI=1S/C11H24O/c1-5-6-7-8-11(4,12)9-10(2)3/h10,12H,5-9H2,1-4H3/t11-/m0/s1. The van der Waals surface area contributed by atoms with Gasteiger partial charge in [-0.3, -0.25) is 0 Å². The summed E-state index contributed by atoms with van der Waals surface area (Å²) in [5.41, 5.74) is -0.427. The van der Waals surface area contributed by atoms with E-state index in [1.807, 2.05) is 6.92 Å². The molecule has 0 saturated carbocycles. The van der Waals surface area contributed by atoms with Crippen molar-refractivity contribution in [1.82, 2.24) is 0 Å². The molecule has 0 aliphatic rings. The Balaban J connectivity index is 3.56. The van der Waals surface area contributed by atoms with Crippen molar-refractivity contribution in [2.45, 2.75) is 65.4 Å². The lowest BCUT2D eigenvalue weighted by Gasteiger charge is -2.25. The largest absolute Gasteiger partial charge is 0.390 e. The molecular weight excluding hydrogens is 148 g/mol. The molecule has 12 heavy (non-hydrogen) atoms. The van der Waals surface area contributed by atoms with Crippen LogP contribution in [0.1, 0.15) is 59.8 Å². The first-order valence-electron chi connectivity index (χ1n) is 5.20. The molecule has 1 N–H and O–H groups in total. The molecule has 1 nitrogen and oxygen atoms in total. The summed E-state index contributed by atoms with van der Waals surface area (Å²) in [6, 6.07) is 0. The Hall–Kier alpha value is -0.0400. The topological polar surface area (TPSA) is 20.2 Å². The maximum Gasteiger partial charge on any atom is 0.0622 e. The molecule has 0 amide bonds. The van der Waals surface area contributed by atoms with Crippen molar-refractivity contribution < 1.29 is 5.11 Å². The van der Waals surface area contributed by atoms with Gasteiger partial charge in [-0.25, -0.2) is 0 Å². The quantitative estimate of drug-likeness (QED) is 0.609. The normalized spacial score (nSPS) is 16.5. The van der Waals surface area contributed by atoms with Crippen LogP contribution in [-0.4, -0.2) is 10.7 Å². The Kier molecular flexibility index (Phi) is 5.56. The van der Waals surface area contributed by atoms with Gasteiger partial charge in [-0.2, -0.15) is 0 Å². The SMILES string of the molecule is CCCCC[C@](C)(O)CC(C)C. The zero-order valence-electron chi connectivity index (χ0n) is 9.06. The second-order valence-electron chi connectivity index (χ2n) is 4.55. The van der Waals surface area contributed by atoms with E-state index in [1.165, 1.54) is 12.8 Å². The van der Waals surface area contributed by atoms with Crippen molar-refractivity contribution in [1.29, 1.82) is 0 Å². The minimum atomic E-state index is -0.427. The first-order valence-corrected chi connectivity index (χ1v) is 5.20. The van der Waals surface area contributed by atoms with Crippen molar-refractivity contribution in [3.63, 3.8) is 0 Å². The minimum Gasteiger partial charge on any atom is -0.390 e. The van der Waals surface area contributed by atoms with E-state index < -0.39 is 5.60 Å². The molecule has 0 unspecified atom stereocenters. The molecule has 0 bridgehead atoms. The van der Waals surface area contributed by atoms with Crippen molar-refractivity contribution in [2.24, 2.45) is 5.92 Å². The van der Waals surface area contributed by atoms with E-state index in [-0.39, 0.29) is 0 Å². The zero-order valence-corrected chi connectivity index (χ0v) is 9.06. The fourth-order valence-electron chi connectivity index (χ4n) is 1.74. The highest BCUT2D eigenvalue weighted by Gasteiger charge is 2.20. The fourth-order valence-corrected chi connectivity index (χ4v) is 1.74. The average Bonchev–Trinajstić information content (AvgIpc) is 1.84. The first-order chi connectivity index (χ1) is 5.48. The summed E-state index contributed by atoms with van der Waals surface area (Å²) in [4.78, 5) is 0. The van der Waals surface area contributed by atoms with E-state index in [0.29, 0.717) is 5.92 Å². The number of hydrogen-bond donors (Lipinski definition) is 1. The van der Waals surface area contributed by atoms with Gasteiger partial charge in [0, 0.05) is 0 Å². The zero-order chi connectivity index (χ0) is 9.61. The minimum absolute atomic E-state index is 0.427. The molecule has 0 saturated heterocycles. The fraction of sp³-hybridized carbons (Fsp3) is 1.00. The van der Waals surface area contributed by atoms with E-state index in [2.05, 4.69) is 20.8 Å². The first kappa shape index (κ1) is 12.0. The summed E-state index contributed by atoms with van der Waals surface area (Å²) >= 11 is 0. The van der Waals surface area contributed by atoms with Crippen LogP contribution in [0.5, 0.6) is 0 Å². The molecule has 0 fully saturated rings. The van der Waals surface area contributed by atoms with E-state index in [1.54, 1.807) is 0 Å². The Morgan fingerprint density at radius 3 is 2.25 bits per heavy atom. The maximum atomic E-state index is 9.91. The van der Waals surface area contributed by atoms with Gasteiger partial charge in [0.25, 0.3) is 0 Å². The van der Waals surface area contributed by atoms with Crippen LogP contribution in [0.15, 0.2) is 0 Å². The van der Waals surface area contributed by atoms with Crippen LogP contribution in [0.3, 0.4) is 0 Å². The summed E-state index contributed by atoms with van der Waals surface area (Å²) in [5.74, 6) is 0.599. The van der Waals surface area contributed by atoms with Gasteiger partial charge in [-0.1, -0.05) is 40.0 Å². The Bertz CT molecular complexity index is 106. The van der Waals surface area contributed by atoms with Gasteiger partial charge in [0.2, 0.25) is 0 Å². The predicted molar refractivity (Wildman–Crippen MR) is 54.2 cm³/mol. The molecule has 0 aliphatic heterocycles. The van der Waals surface area contributed by atoms with Crippen molar-refractivity contribution in [2.75, 3.05) is 0 Å². The van der Waals surface area contributed by atoms with E-state index in [9.17, 15) is 5.11 Å². The molecule has 1 atom stereocenters. The Labute approximate surface area is 77.2 Å². The summed E-state index contributed by atoms with van der Waals surface area (Å²) < 4.78 is 0. The Morgan fingerprint density at radius 1 is 1.25 bits per heavy atom. The Morgan fingerprint density at radius 2 is 1.83 bits per heavy atom. The third kappa shape index (κ3) is 6.66. The van der Waals surface area contributed by atoms with Crippen LogP contribution < -0.4 is 0 Å². The van der Waals surface area contributed by atoms with Gasteiger partial charge >= 0.3 is 0 Å². The molecule has 0 aromatic rings. The monoisotopic (exact) mass is 172 g/mol. The van der Waals surface area contributed by atoms with E-state index in [4.69, 9.17) is 0 Å². The van der Waals surface area contributed by atoms with E-state index >= 15 is 0 Å². The highest BCUT2D eigenvalue weighted by atomic mass is 16.3. The highest BCUT2D eigenvalue weighted by Crippen LogP contribution is 2.22. The summed E-state index contributed by atoms with van der Waals surface area (Å²) in [6.07, 6.45) is 5.53. The van der Waals surface area contributed by atoms with Gasteiger partial charge in [-0.15, -0.1) is 0 Å². The summed E-state index contributed by atoms with van der Waals surface area (Å²) in [6.45, 7) is 8.47. The molecule has 0 rings (SSSR count). The molecule has 0 spiro atoms. The van der Waals surface area contributed by atoms with Crippen LogP contribution in [0.25, 0.3) is 0 Å². The van der Waals surface area contributed by atoms with Gasteiger partial charge in [0.1, 0.15) is 0 Å². The third-order valence-electron chi connectivity index (χ3n) is 2.17. The molecule has 0 aromatic carbocycles. The number of hydrogen-bond acceptors (Lipinski definition) is 1. The molecule has 0 aromatic heterocycles. The molecule has 1 heteroatoms. The summed E-state index contributed by atoms with van der Waals surface area (Å²) in [5, 5.41) is 9.91. The van der Waals surface area contributed by atoms with Crippen molar-refractivity contribution in [3.8, 4) is 0 Å². The lowest BCUT2D eigenvalue weighted by molar-refractivity contribution is 0.0275. The third-order valence-corrected chi connectivity index (χ3v) is 2.17. The lowest BCUT2D eigenvalue weighted by Crippen LogP contribution is -2.25. The van der Waals surface area contributed by atoms with Gasteiger partial charge < -0.3 is 5.11 Å². The smallest absolute Gasteiger partial charge is 0.0622 e. The highest BCUT2D eigenvalue weighted by molar-refractivity contribution is 4.73. The molecule has 0 aliphatic carbocycles. The van der Waals surface area contributed by atoms with E-state index in [0.717, 1.165) is 19.3 Å². The van der Waals surface area contributed by atoms with Crippen molar-refractivity contribution in [3.05, 3.63) is 0 Å². The molecule has 0 radical (unpaired) electrons. The second-order valence-corrected chi connectivity index (χ2v) is 4.55. The maximum absolute atomic E-state index is 9.91. The van der Waals surface area contributed by atoms with Crippen LogP contribution >= 0.6 is 0 Å². The average molecular weight is 172 g/mol. The predicted octanol–water partition coefficient (Wildman–Crippen LogP) is 3.36. The van der Waals surface area contributed by atoms with Crippen LogP contribution in [0.4, 0.5) is 0 Å². The van der Waals surface area contributed by atoms with Crippen LogP contribution in [0, 0.1) is 5.92 Å². The molecule has 74 valence electrons. The summed E-state index contributed by atoms with van der Waals surface area (Å²) in [7, 11) is 0.